The number of ether oxygens (including phenoxy) is 1. The monoisotopic (exact) mass is 256 g/mol. The molecule has 1 N–H and O–H groups in total. The maximum absolute atomic E-state index is 12.1. The molecule has 0 saturated heterocycles. The van der Waals surface area contributed by atoms with Gasteiger partial charge in [0.1, 0.15) is 5.60 Å². The van der Waals surface area contributed by atoms with E-state index in [4.69, 9.17) is 4.74 Å². The van der Waals surface area contributed by atoms with Crippen LogP contribution in [-0.2, 0) is 9.53 Å². The largest absolute Gasteiger partial charge is 0.460 e. The number of esters is 1. The lowest BCUT2D eigenvalue weighted by Gasteiger charge is -2.43. The van der Waals surface area contributed by atoms with Crippen LogP contribution in [0.4, 0.5) is 0 Å². The molecule has 0 aromatic carbocycles. The van der Waals surface area contributed by atoms with Crippen LogP contribution in [0.5, 0.6) is 0 Å². The summed E-state index contributed by atoms with van der Waals surface area (Å²) in [6, 6.07) is 0. The van der Waals surface area contributed by atoms with Crippen LogP contribution in [0.15, 0.2) is 0 Å². The van der Waals surface area contributed by atoms with E-state index in [1.165, 1.54) is 0 Å². The van der Waals surface area contributed by atoms with Crippen LogP contribution in [0.3, 0.4) is 0 Å². The van der Waals surface area contributed by atoms with Gasteiger partial charge in [0.25, 0.3) is 0 Å². The number of hydrogen-bond acceptors (Lipinski definition) is 3. The summed E-state index contributed by atoms with van der Waals surface area (Å²) in [6.45, 7) is 9.48. The molecule has 0 heterocycles. The van der Waals surface area contributed by atoms with Gasteiger partial charge in [-0.05, 0) is 46.5 Å². The smallest absolute Gasteiger partial charge is 0.312 e. The maximum Gasteiger partial charge on any atom is 0.312 e. The lowest BCUT2D eigenvalue weighted by molar-refractivity contribution is -0.176. The number of aliphatic hydroxyl groups is 1. The Labute approximate surface area is 111 Å². The first-order valence-corrected chi connectivity index (χ1v) is 7.16. The molecule has 1 fully saturated rings. The van der Waals surface area contributed by atoms with Gasteiger partial charge in [-0.1, -0.05) is 26.2 Å². The average Bonchev–Trinajstić information content (AvgIpc) is 2.26. The number of carbonyl (C=O) groups excluding carboxylic acids is 1. The second kappa shape index (κ2) is 5.60. The summed E-state index contributed by atoms with van der Waals surface area (Å²) in [4.78, 5) is 12.1. The Morgan fingerprint density at radius 3 is 2.56 bits per heavy atom. The van der Waals surface area contributed by atoms with Gasteiger partial charge in [-0.3, -0.25) is 4.79 Å². The van der Waals surface area contributed by atoms with Crippen molar-refractivity contribution in [2.75, 3.05) is 0 Å². The Bertz CT molecular complexity index is 293. The van der Waals surface area contributed by atoms with E-state index < -0.39 is 17.1 Å². The van der Waals surface area contributed by atoms with Crippen molar-refractivity contribution in [2.24, 2.45) is 11.8 Å². The van der Waals surface area contributed by atoms with Crippen molar-refractivity contribution in [1.82, 2.24) is 0 Å². The predicted molar refractivity (Wildman–Crippen MR) is 72.2 cm³/mol. The molecule has 0 amide bonds. The van der Waals surface area contributed by atoms with E-state index in [1.54, 1.807) is 0 Å². The van der Waals surface area contributed by atoms with E-state index in [2.05, 4.69) is 6.92 Å². The molecule has 1 aliphatic carbocycles. The average molecular weight is 256 g/mol. The molecule has 3 nitrogen and oxygen atoms in total. The highest BCUT2D eigenvalue weighted by Gasteiger charge is 2.46. The molecule has 0 aromatic heterocycles. The Morgan fingerprint density at radius 2 is 2.06 bits per heavy atom. The van der Waals surface area contributed by atoms with E-state index in [0.717, 1.165) is 25.7 Å². The number of rotatable bonds is 3. The second-order valence-electron chi connectivity index (χ2n) is 6.60. The Morgan fingerprint density at radius 1 is 1.44 bits per heavy atom. The standard InChI is InChI=1S/C15H28O3/c1-6-12-9-7-8-10-15(12,17)11(2)13(16)18-14(3,4)5/h11-12,17H,6-10H2,1-5H3. The minimum Gasteiger partial charge on any atom is -0.460 e. The summed E-state index contributed by atoms with van der Waals surface area (Å²) in [5.74, 6) is -0.499. The van der Waals surface area contributed by atoms with Crippen LogP contribution >= 0.6 is 0 Å². The first kappa shape index (κ1) is 15.5. The molecular weight excluding hydrogens is 228 g/mol. The highest BCUT2D eigenvalue weighted by Crippen LogP contribution is 2.41. The van der Waals surface area contributed by atoms with Crippen molar-refractivity contribution >= 4 is 5.97 Å². The van der Waals surface area contributed by atoms with Crippen LogP contribution < -0.4 is 0 Å². The van der Waals surface area contributed by atoms with Crippen LogP contribution in [-0.4, -0.2) is 22.3 Å². The number of hydrogen-bond donors (Lipinski definition) is 1. The quantitative estimate of drug-likeness (QED) is 0.788. The molecule has 3 heteroatoms. The summed E-state index contributed by atoms with van der Waals surface area (Å²) in [7, 11) is 0. The molecule has 1 rings (SSSR count). The third kappa shape index (κ3) is 3.47. The fourth-order valence-electron chi connectivity index (χ4n) is 2.97. The SMILES string of the molecule is CCC1CCCCC1(O)C(C)C(=O)OC(C)(C)C. The highest BCUT2D eigenvalue weighted by molar-refractivity contribution is 5.74. The maximum atomic E-state index is 12.1. The zero-order valence-electron chi connectivity index (χ0n) is 12.5. The Hall–Kier alpha value is -0.570. The molecule has 3 atom stereocenters. The molecule has 106 valence electrons. The summed E-state index contributed by atoms with van der Waals surface area (Å²) in [6.07, 6.45) is 4.80. The van der Waals surface area contributed by atoms with Gasteiger partial charge >= 0.3 is 5.97 Å². The molecule has 1 aliphatic rings. The summed E-state index contributed by atoms with van der Waals surface area (Å²) < 4.78 is 5.41. The topological polar surface area (TPSA) is 46.5 Å². The van der Waals surface area contributed by atoms with Gasteiger partial charge in [-0.25, -0.2) is 0 Å². The minimum atomic E-state index is -0.880. The van der Waals surface area contributed by atoms with Gasteiger partial charge in [0.05, 0.1) is 11.5 Å². The van der Waals surface area contributed by atoms with Gasteiger partial charge in [0.2, 0.25) is 0 Å². The zero-order chi connectivity index (χ0) is 14.0. The van der Waals surface area contributed by atoms with Crippen LogP contribution in [0.25, 0.3) is 0 Å². The molecule has 3 unspecified atom stereocenters. The minimum absolute atomic E-state index is 0.216. The second-order valence-corrected chi connectivity index (χ2v) is 6.60. The molecule has 18 heavy (non-hydrogen) atoms. The van der Waals surface area contributed by atoms with Crippen molar-refractivity contribution in [3.05, 3.63) is 0 Å². The predicted octanol–water partition coefficient (Wildman–Crippen LogP) is 3.30. The van der Waals surface area contributed by atoms with E-state index in [-0.39, 0.29) is 11.9 Å². The molecular formula is C15H28O3. The normalized spacial score (nSPS) is 30.9. The molecule has 0 radical (unpaired) electrons. The van der Waals surface area contributed by atoms with E-state index in [9.17, 15) is 9.90 Å². The molecule has 0 spiro atoms. The Balaban J connectivity index is 2.79. The summed E-state index contributed by atoms with van der Waals surface area (Å²) >= 11 is 0. The van der Waals surface area contributed by atoms with Crippen molar-refractivity contribution < 1.29 is 14.6 Å². The van der Waals surface area contributed by atoms with E-state index in [1.807, 2.05) is 27.7 Å². The number of carbonyl (C=O) groups is 1. The lowest BCUT2D eigenvalue weighted by atomic mass is 9.68. The summed E-state index contributed by atoms with van der Waals surface area (Å²) in [5.41, 5.74) is -1.37. The first-order chi connectivity index (χ1) is 8.20. The molecule has 1 saturated carbocycles. The van der Waals surface area contributed by atoms with Crippen molar-refractivity contribution in [3.63, 3.8) is 0 Å². The lowest BCUT2D eigenvalue weighted by Crippen LogP contribution is -2.50. The van der Waals surface area contributed by atoms with Crippen molar-refractivity contribution in [2.45, 2.75) is 77.9 Å². The first-order valence-electron chi connectivity index (χ1n) is 7.16. The molecule has 0 aromatic rings. The third-order valence-electron chi connectivity index (χ3n) is 4.09. The van der Waals surface area contributed by atoms with Crippen LogP contribution in [0.1, 0.15) is 66.7 Å². The zero-order valence-corrected chi connectivity index (χ0v) is 12.5. The van der Waals surface area contributed by atoms with Gasteiger partial charge in [-0.15, -0.1) is 0 Å². The third-order valence-corrected chi connectivity index (χ3v) is 4.09. The fourth-order valence-corrected chi connectivity index (χ4v) is 2.97. The Kier molecular flexibility index (Phi) is 4.82. The van der Waals surface area contributed by atoms with Crippen LogP contribution in [0, 0.1) is 11.8 Å². The van der Waals surface area contributed by atoms with Crippen molar-refractivity contribution in [1.29, 1.82) is 0 Å². The van der Waals surface area contributed by atoms with Crippen molar-refractivity contribution in [3.8, 4) is 0 Å². The fraction of sp³-hybridized carbons (Fsp3) is 0.933. The highest BCUT2D eigenvalue weighted by atomic mass is 16.6. The van der Waals surface area contributed by atoms with Gasteiger partial charge in [0, 0.05) is 0 Å². The summed E-state index contributed by atoms with van der Waals surface area (Å²) in [5, 5.41) is 10.9. The van der Waals surface area contributed by atoms with Gasteiger partial charge in [-0.2, -0.15) is 0 Å². The van der Waals surface area contributed by atoms with Gasteiger partial charge < -0.3 is 9.84 Å². The van der Waals surface area contributed by atoms with Gasteiger partial charge in [0.15, 0.2) is 0 Å². The van der Waals surface area contributed by atoms with E-state index >= 15 is 0 Å². The van der Waals surface area contributed by atoms with Crippen LogP contribution in [0.2, 0.25) is 0 Å². The molecule has 0 aliphatic heterocycles. The molecule has 0 bridgehead atoms. The van der Waals surface area contributed by atoms with E-state index in [0.29, 0.717) is 6.42 Å².